The van der Waals surface area contributed by atoms with Crippen molar-refractivity contribution in [2.24, 2.45) is 0 Å². The van der Waals surface area contributed by atoms with Gasteiger partial charge in [0, 0.05) is 47.1 Å². The van der Waals surface area contributed by atoms with E-state index in [1.807, 2.05) is 50.2 Å². The van der Waals surface area contributed by atoms with Gasteiger partial charge >= 0.3 is 0 Å². The number of rotatable bonds is 9. The molecule has 0 radical (unpaired) electrons. The second-order valence-corrected chi connectivity index (χ2v) is 10.1. The van der Waals surface area contributed by atoms with Crippen molar-refractivity contribution in [3.63, 3.8) is 0 Å². The zero-order valence-electron chi connectivity index (χ0n) is 22.6. The van der Waals surface area contributed by atoms with Gasteiger partial charge in [0.15, 0.2) is 17.1 Å². The molecule has 0 amide bonds. The van der Waals surface area contributed by atoms with Crippen molar-refractivity contribution in [1.29, 1.82) is 0 Å². The quantitative estimate of drug-likeness (QED) is 0.263. The van der Waals surface area contributed by atoms with Crippen LogP contribution >= 0.6 is 0 Å². The second kappa shape index (κ2) is 10.2. The van der Waals surface area contributed by atoms with Crippen LogP contribution in [-0.2, 0) is 0 Å². The van der Waals surface area contributed by atoms with Crippen molar-refractivity contribution in [2.45, 2.75) is 39.5 Å². The van der Waals surface area contributed by atoms with Crippen molar-refractivity contribution in [3.05, 3.63) is 94.5 Å². The number of aromatic amines is 1. The average Bonchev–Trinajstić information content (AvgIpc) is 3.69. The highest BCUT2D eigenvalue weighted by Crippen LogP contribution is 2.20. The highest BCUT2D eigenvalue weighted by atomic mass is 15.5. The molecule has 6 aromatic rings. The predicted octanol–water partition coefficient (Wildman–Crippen LogP) is 4.09. The number of hydrogen-bond donors (Lipinski definition) is 3. The summed E-state index contributed by atoms with van der Waals surface area (Å²) in [6, 6.07) is 20.3. The Balaban J connectivity index is 1.26. The average molecular weight is 521 g/mol. The minimum atomic E-state index is 0.116. The van der Waals surface area contributed by atoms with Crippen molar-refractivity contribution in [2.75, 3.05) is 23.7 Å². The van der Waals surface area contributed by atoms with E-state index < -0.39 is 0 Å². The number of fused-ring (bicyclic) bond motifs is 2. The molecule has 198 valence electrons. The zero-order chi connectivity index (χ0) is 26.9. The molecule has 2 unspecified atom stereocenters. The number of benzene rings is 2. The Morgan fingerprint density at radius 3 is 2.05 bits per heavy atom. The van der Waals surface area contributed by atoms with Crippen molar-refractivity contribution < 1.29 is 0 Å². The molecule has 0 aliphatic carbocycles. The van der Waals surface area contributed by atoms with E-state index >= 15 is 0 Å². The first-order valence-corrected chi connectivity index (χ1v) is 13.2. The SMILES string of the molecule is Cc1nn2nc(C(C)CNc3ccccc3)[nH]c2c1/C=c1/c(C)nn2nc(C(C)CNc3ccccc3)nc12. The van der Waals surface area contributed by atoms with E-state index in [0.717, 1.165) is 69.6 Å². The van der Waals surface area contributed by atoms with Gasteiger partial charge in [0.1, 0.15) is 5.82 Å². The number of H-pyrrole nitrogens is 1. The first kappa shape index (κ1) is 24.6. The van der Waals surface area contributed by atoms with E-state index in [4.69, 9.17) is 10.1 Å². The molecule has 0 fully saturated rings. The molecule has 0 aliphatic rings. The van der Waals surface area contributed by atoms with Crippen LogP contribution in [0.25, 0.3) is 17.4 Å². The maximum absolute atomic E-state index is 4.88. The Morgan fingerprint density at radius 1 is 0.769 bits per heavy atom. The lowest BCUT2D eigenvalue weighted by molar-refractivity contribution is 0.702. The van der Waals surface area contributed by atoms with Gasteiger partial charge < -0.3 is 15.6 Å². The van der Waals surface area contributed by atoms with Crippen LogP contribution in [0.4, 0.5) is 11.4 Å². The van der Waals surface area contributed by atoms with Gasteiger partial charge in [-0.05, 0) is 44.2 Å². The third kappa shape index (κ3) is 4.93. The molecule has 3 N–H and O–H groups in total. The molecule has 6 rings (SSSR count). The standard InChI is InChI=1S/C29H32N10/c1-18(16-30-22-11-7-5-8-12-22)26-32-28-24(20(3)34-38(28)36-26)15-25-21(4)35-39-29(25)33-27(37-39)19(2)17-31-23-13-9-6-10-14-23/h5-15,18-19,30-31H,16-17H2,1-4H3,(H,32,36)/b25-15-. The summed E-state index contributed by atoms with van der Waals surface area (Å²) in [7, 11) is 0. The lowest BCUT2D eigenvalue weighted by atomic mass is 10.1. The summed E-state index contributed by atoms with van der Waals surface area (Å²) in [5.74, 6) is 1.92. The normalized spacial score (nSPS) is 13.8. The fraction of sp³-hybridized carbons (Fsp3) is 0.276. The van der Waals surface area contributed by atoms with Gasteiger partial charge in [-0.1, -0.05) is 50.2 Å². The van der Waals surface area contributed by atoms with Gasteiger partial charge in [-0.3, -0.25) is 0 Å². The Kier molecular flexibility index (Phi) is 6.44. The summed E-state index contributed by atoms with van der Waals surface area (Å²) in [5.41, 5.74) is 6.49. The number of nitrogens with one attached hydrogen (secondary N) is 3. The van der Waals surface area contributed by atoms with Crippen LogP contribution in [0.5, 0.6) is 0 Å². The molecule has 0 saturated heterocycles. The molecule has 0 saturated carbocycles. The third-order valence-electron chi connectivity index (χ3n) is 6.99. The van der Waals surface area contributed by atoms with Gasteiger partial charge in [0.2, 0.25) is 0 Å². The number of aryl methyl sites for hydroxylation is 2. The summed E-state index contributed by atoms with van der Waals surface area (Å²) >= 11 is 0. The number of anilines is 2. The molecule has 0 aliphatic heterocycles. The molecular formula is C29H32N10. The van der Waals surface area contributed by atoms with E-state index in [1.165, 1.54) is 0 Å². The Bertz CT molecular complexity index is 1760. The third-order valence-corrected chi connectivity index (χ3v) is 6.99. The number of nitrogens with zero attached hydrogens (tertiary/aromatic N) is 7. The van der Waals surface area contributed by atoms with E-state index in [1.54, 1.807) is 9.26 Å². The fourth-order valence-corrected chi connectivity index (χ4v) is 4.64. The molecule has 2 aromatic carbocycles. The molecule has 4 aromatic heterocycles. The van der Waals surface area contributed by atoms with Crippen LogP contribution in [0, 0.1) is 13.8 Å². The van der Waals surface area contributed by atoms with E-state index in [2.05, 4.69) is 75.1 Å². The topological polar surface area (TPSA) is 113 Å². The molecular weight excluding hydrogens is 488 g/mol. The van der Waals surface area contributed by atoms with Crippen molar-refractivity contribution in [3.8, 4) is 0 Å². The summed E-state index contributed by atoms with van der Waals surface area (Å²) in [6.07, 6.45) is 2.09. The van der Waals surface area contributed by atoms with Crippen molar-refractivity contribution >= 4 is 28.7 Å². The lowest BCUT2D eigenvalue weighted by Gasteiger charge is -2.10. The van der Waals surface area contributed by atoms with Gasteiger partial charge in [0.25, 0.3) is 0 Å². The first-order chi connectivity index (χ1) is 19.0. The van der Waals surface area contributed by atoms with Crippen molar-refractivity contribution in [1.82, 2.24) is 39.6 Å². The van der Waals surface area contributed by atoms with E-state index in [-0.39, 0.29) is 11.8 Å². The fourth-order valence-electron chi connectivity index (χ4n) is 4.64. The van der Waals surface area contributed by atoms with Crippen LogP contribution in [0.1, 0.15) is 54.3 Å². The number of hydrogen-bond acceptors (Lipinski definition) is 7. The smallest absolute Gasteiger partial charge is 0.185 e. The van der Waals surface area contributed by atoms with Crippen LogP contribution in [0.15, 0.2) is 60.7 Å². The largest absolute Gasteiger partial charge is 0.384 e. The van der Waals surface area contributed by atoms with Gasteiger partial charge in [0.05, 0.1) is 11.4 Å². The van der Waals surface area contributed by atoms with Gasteiger partial charge in [-0.15, -0.1) is 19.5 Å². The minimum absolute atomic E-state index is 0.116. The Hall–Kier alpha value is -4.73. The summed E-state index contributed by atoms with van der Waals surface area (Å²) < 4.78 is 3.33. The maximum atomic E-state index is 4.88. The van der Waals surface area contributed by atoms with Crippen LogP contribution in [0.2, 0.25) is 0 Å². The molecule has 4 heterocycles. The first-order valence-electron chi connectivity index (χ1n) is 13.2. The molecule has 0 spiro atoms. The molecule has 39 heavy (non-hydrogen) atoms. The van der Waals surface area contributed by atoms with Gasteiger partial charge in [-0.2, -0.15) is 10.2 Å². The zero-order valence-corrected chi connectivity index (χ0v) is 22.6. The molecule has 10 heteroatoms. The van der Waals surface area contributed by atoms with E-state index in [9.17, 15) is 0 Å². The van der Waals surface area contributed by atoms with E-state index in [0.29, 0.717) is 0 Å². The van der Waals surface area contributed by atoms with Gasteiger partial charge in [-0.25, -0.2) is 4.98 Å². The minimum Gasteiger partial charge on any atom is -0.384 e. The van der Waals surface area contributed by atoms with Crippen LogP contribution < -0.4 is 15.9 Å². The summed E-state index contributed by atoms with van der Waals surface area (Å²) in [5, 5.41) is 26.6. The highest BCUT2D eigenvalue weighted by molar-refractivity contribution is 5.70. The van der Waals surface area contributed by atoms with Crippen LogP contribution in [-0.4, -0.2) is 52.7 Å². The maximum Gasteiger partial charge on any atom is 0.185 e. The lowest BCUT2D eigenvalue weighted by Crippen LogP contribution is -2.12. The van der Waals surface area contributed by atoms with Crippen LogP contribution in [0.3, 0.4) is 0 Å². The monoisotopic (exact) mass is 520 g/mol. The second-order valence-electron chi connectivity index (χ2n) is 10.1. The molecule has 10 nitrogen and oxygen atoms in total. The Morgan fingerprint density at radius 2 is 1.38 bits per heavy atom. The molecule has 0 bridgehead atoms. The molecule has 2 atom stereocenters. The highest BCUT2D eigenvalue weighted by Gasteiger charge is 2.19. The summed E-state index contributed by atoms with van der Waals surface area (Å²) in [4.78, 5) is 8.38. The summed E-state index contributed by atoms with van der Waals surface area (Å²) in [6.45, 7) is 9.71. The Labute approximate surface area is 226 Å². The number of para-hydroxylation sites is 2. The number of aromatic nitrogens is 8. The predicted molar refractivity (Wildman–Crippen MR) is 153 cm³/mol.